The zero-order valence-electron chi connectivity index (χ0n) is 10.6. The summed E-state index contributed by atoms with van der Waals surface area (Å²) < 4.78 is 13.1. The van der Waals surface area contributed by atoms with Crippen molar-refractivity contribution in [3.63, 3.8) is 0 Å². The van der Waals surface area contributed by atoms with E-state index in [1.807, 2.05) is 6.08 Å². The fourth-order valence-electron chi connectivity index (χ4n) is 1.93. The normalized spacial score (nSPS) is 22.6. The van der Waals surface area contributed by atoms with Crippen LogP contribution < -0.4 is 11.2 Å². The average Bonchev–Trinajstić information content (AvgIpc) is 2.80. The van der Waals surface area contributed by atoms with Crippen LogP contribution in [-0.4, -0.2) is 29.0 Å². The zero-order chi connectivity index (χ0) is 13.3. The molecule has 1 aliphatic heterocycles. The molecule has 0 aliphatic carbocycles. The third-order valence-electron chi connectivity index (χ3n) is 2.89. The summed E-state index contributed by atoms with van der Waals surface area (Å²) in [6.45, 7) is 2.11. The van der Waals surface area contributed by atoms with Gasteiger partial charge in [-0.3, -0.25) is 13.9 Å². The highest BCUT2D eigenvalue weighted by atomic mass is 16.5. The number of rotatable bonds is 3. The molecule has 6 nitrogen and oxygen atoms in total. The van der Waals surface area contributed by atoms with Crippen molar-refractivity contribution in [2.24, 2.45) is 7.05 Å². The van der Waals surface area contributed by atoms with Crippen LogP contribution in [-0.2, 0) is 16.5 Å². The van der Waals surface area contributed by atoms with Gasteiger partial charge in [-0.2, -0.15) is 0 Å². The lowest BCUT2D eigenvalue weighted by molar-refractivity contribution is -0.0207. The molecule has 6 heteroatoms. The monoisotopic (exact) mass is 252 g/mol. The van der Waals surface area contributed by atoms with Gasteiger partial charge in [0.05, 0.1) is 6.61 Å². The lowest BCUT2D eigenvalue weighted by atomic mass is 10.3. The second-order valence-electron chi connectivity index (χ2n) is 4.27. The summed E-state index contributed by atoms with van der Waals surface area (Å²) in [7, 11) is 3.05. The van der Waals surface area contributed by atoms with E-state index in [-0.39, 0.29) is 11.7 Å². The quantitative estimate of drug-likeness (QED) is 0.708. The highest BCUT2D eigenvalue weighted by Gasteiger charge is 2.22. The third-order valence-corrected chi connectivity index (χ3v) is 2.89. The Labute approximate surface area is 104 Å². The molecule has 2 atom stereocenters. The number of hydrogen-bond acceptors (Lipinski definition) is 4. The Morgan fingerprint density at radius 2 is 2.11 bits per heavy atom. The predicted molar refractivity (Wildman–Crippen MR) is 65.6 cm³/mol. The Kier molecular flexibility index (Phi) is 3.49. The number of hydrogen-bond donors (Lipinski definition) is 0. The molecule has 0 spiro atoms. The van der Waals surface area contributed by atoms with Crippen LogP contribution in [0, 0.1) is 6.92 Å². The summed E-state index contributed by atoms with van der Waals surface area (Å²) in [5, 5.41) is 0. The van der Waals surface area contributed by atoms with E-state index in [9.17, 15) is 9.59 Å². The molecule has 2 rings (SSSR count). The van der Waals surface area contributed by atoms with Crippen molar-refractivity contribution in [2.75, 3.05) is 13.7 Å². The molecule has 18 heavy (non-hydrogen) atoms. The highest BCUT2D eigenvalue weighted by Crippen LogP contribution is 2.19. The summed E-state index contributed by atoms with van der Waals surface area (Å²) in [5.41, 5.74) is -0.172. The molecule has 0 fully saturated rings. The Morgan fingerprint density at radius 3 is 2.78 bits per heavy atom. The van der Waals surface area contributed by atoms with Crippen molar-refractivity contribution in [3.8, 4) is 0 Å². The third kappa shape index (κ3) is 2.16. The van der Waals surface area contributed by atoms with Gasteiger partial charge in [0.1, 0.15) is 6.10 Å². The SMILES string of the molecule is COCC1C=C[C@H](n2cc(C)c(=O)n(C)c2=O)O1. The largest absolute Gasteiger partial charge is 0.382 e. The molecule has 1 aromatic rings. The molecule has 0 saturated carbocycles. The van der Waals surface area contributed by atoms with E-state index in [1.165, 1.54) is 17.8 Å². The summed E-state index contributed by atoms with van der Waals surface area (Å²) in [5.74, 6) is 0. The van der Waals surface area contributed by atoms with Crippen LogP contribution in [0.2, 0.25) is 0 Å². The lowest BCUT2D eigenvalue weighted by Crippen LogP contribution is -2.40. The van der Waals surface area contributed by atoms with E-state index in [2.05, 4.69) is 0 Å². The van der Waals surface area contributed by atoms with E-state index in [4.69, 9.17) is 9.47 Å². The molecule has 0 aromatic carbocycles. The molecule has 0 amide bonds. The van der Waals surface area contributed by atoms with Gasteiger partial charge in [-0.25, -0.2) is 4.79 Å². The van der Waals surface area contributed by atoms with E-state index in [1.54, 1.807) is 20.1 Å². The van der Waals surface area contributed by atoms with Crippen molar-refractivity contribution < 1.29 is 9.47 Å². The van der Waals surface area contributed by atoms with E-state index >= 15 is 0 Å². The minimum Gasteiger partial charge on any atom is -0.382 e. The predicted octanol–water partition coefficient (Wildman–Crippen LogP) is -0.0446. The van der Waals surface area contributed by atoms with Gasteiger partial charge in [0.15, 0.2) is 6.23 Å². The minimum absolute atomic E-state index is 0.163. The summed E-state index contributed by atoms with van der Waals surface area (Å²) in [6, 6.07) is 0. The maximum Gasteiger partial charge on any atom is 0.333 e. The zero-order valence-corrected chi connectivity index (χ0v) is 10.6. The van der Waals surface area contributed by atoms with Gasteiger partial charge >= 0.3 is 5.69 Å². The molecule has 2 heterocycles. The summed E-state index contributed by atoms with van der Waals surface area (Å²) in [4.78, 5) is 23.6. The number of nitrogens with zero attached hydrogens (tertiary/aromatic N) is 2. The summed E-state index contributed by atoms with van der Waals surface area (Å²) in [6.07, 6.45) is 4.51. The van der Waals surface area contributed by atoms with E-state index in [0.29, 0.717) is 12.2 Å². The first-order valence-electron chi connectivity index (χ1n) is 5.66. The van der Waals surface area contributed by atoms with Crippen LogP contribution in [0.3, 0.4) is 0 Å². The van der Waals surface area contributed by atoms with Crippen molar-refractivity contribution in [2.45, 2.75) is 19.3 Å². The topological polar surface area (TPSA) is 62.5 Å². The molecule has 1 aromatic heterocycles. The highest BCUT2D eigenvalue weighted by molar-refractivity contribution is 5.07. The van der Waals surface area contributed by atoms with Crippen molar-refractivity contribution in [3.05, 3.63) is 44.8 Å². The van der Waals surface area contributed by atoms with Crippen molar-refractivity contribution in [1.29, 1.82) is 0 Å². The molecule has 98 valence electrons. The smallest absolute Gasteiger partial charge is 0.333 e. The van der Waals surface area contributed by atoms with Gasteiger partial charge in [0.2, 0.25) is 0 Å². The minimum atomic E-state index is -0.483. The summed E-state index contributed by atoms with van der Waals surface area (Å²) >= 11 is 0. The molecule has 1 unspecified atom stereocenters. The maximum atomic E-state index is 12.0. The van der Waals surface area contributed by atoms with Crippen molar-refractivity contribution in [1.82, 2.24) is 9.13 Å². The molecular formula is C12H16N2O4. The Balaban J connectivity index is 2.35. The first-order valence-corrected chi connectivity index (χ1v) is 5.66. The van der Waals surface area contributed by atoms with Gasteiger partial charge < -0.3 is 9.47 Å². The van der Waals surface area contributed by atoms with E-state index < -0.39 is 11.9 Å². The van der Waals surface area contributed by atoms with Gasteiger partial charge in [-0.15, -0.1) is 0 Å². The van der Waals surface area contributed by atoms with Gasteiger partial charge in [0, 0.05) is 25.9 Å². The molecule has 0 saturated heterocycles. The van der Waals surface area contributed by atoms with Crippen LogP contribution in [0.1, 0.15) is 11.8 Å². The number of ether oxygens (including phenoxy) is 2. The second-order valence-corrected chi connectivity index (χ2v) is 4.27. The van der Waals surface area contributed by atoms with Crippen LogP contribution in [0.15, 0.2) is 27.9 Å². The van der Waals surface area contributed by atoms with Gasteiger partial charge in [-0.05, 0) is 13.0 Å². The molecule has 0 N–H and O–H groups in total. The average molecular weight is 252 g/mol. The standard InChI is InChI=1S/C12H16N2O4/c1-8-6-14(12(16)13(2)11(8)15)10-5-4-9(18-10)7-17-3/h4-6,9-10H,7H2,1-3H3/t9?,10-/m1/s1. The molecule has 1 aliphatic rings. The van der Waals surface area contributed by atoms with Gasteiger partial charge in [0.25, 0.3) is 5.56 Å². The van der Waals surface area contributed by atoms with Gasteiger partial charge in [-0.1, -0.05) is 6.08 Å². The lowest BCUT2D eigenvalue weighted by Gasteiger charge is -2.17. The van der Waals surface area contributed by atoms with Crippen LogP contribution in [0.25, 0.3) is 0 Å². The number of methoxy groups -OCH3 is 1. The maximum absolute atomic E-state index is 12.0. The Hall–Kier alpha value is -1.66. The fraction of sp³-hybridized carbons (Fsp3) is 0.500. The second kappa shape index (κ2) is 4.91. The van der Waals surface area contributed by atoms with Crippen LogP contribution in [0.5, 0.6) is 0 Å². The van der Waals surface area contributed by atoms with Crippen LogP contribution >= 0.6 is 0 Å². The first-order chi connectivity index (χ1) is 8.54. The Morgan fingerprint density at radius 1 is 1.39 bits per heavy atom. The number of aromatic nitrogens is 2. The van der Waals surface area contributed by atoms with Crippen LogP contribution in [0.4, 0.5) is 0 Å². The first kappa shape index (κ1) is 12.8. The fourth-order valence-corrected chi connectivity index (χ4v) is 1.93. The number of aryl methyl sites for hydroxylation is 1. The Bertz CT molecular complexity index is 585. The molecule has 0 bridgehead atoms. The molecule has 0 radical (unpaired) electrons. The van der Waals surface area contributed by atoms with E-state index in [0.717, 1.165) is 4.57 Å². The van der Waals surface area contributed by atoms with Crippen molar-refractivity contribution >= 4 is 0 Å². The molecular weight excluding hydrogens is 236 g/mol.